The lowest BCUT2D eigenvalue weighted by molar-refractivity contribution is 0.0210. The summed E-state index contributed by atoms with van der Waals surface area (Å²) < 4.78 is 11.6. The summed E-state index contributed by atoms with van der Waals surface area (Å²) in [4.78, 5) is 12.7. The van der Waals surface area contributed by atoms with Crippen molar-refractivity contribution < 1.29 is 29.6 Å². The van der Waals surface area contributed by atoms with E-state index < -0.39 is 18.0 Å². The minimum atomic E-state index is -1.47. The average molecular weight is 424 g/mol. The zero-order valence-corrected chi connectivity index (χ0v) is 18.0. The van der Waals surface area contributed by atoms with Gasteiger partial charge in [0, 0.05) is 12.1 Å². The van der Waals surface area contributed by atoms with Gasteiger partial charge in [0.2, 0.25) is 5.78 Å². The molecule has 3 N–H and O–H groups in total. The molecule has 31 heavy (non-hydrogen) atoms. The van der Waals surface area contributed by atoms with Gasteiger partial charge in [0.15, 0.2) is 12.2 Å². The van der Waals surface area contributed by atoms with Gasteiger partial charge < -0.3 is 24.8 Å². The number of aliphatic hydroxyl groups excluding tert-OH is 1. The molecule has 0 saturated carbocycles. The normalized spacial score (nSPS) is 18.2. The van der Waals surface area contributed by atoms with E-state index in [2.05, 4.69) is 19.9 Å². The van der Waals surface area contributed by atoms with Gasteiger partial charge in [0.05, 0.1) is 0 Å². The first-order chi connectivity index (χ1) is 14.8. The Kier molecular flexibility index (Phi) is 7.02. The van der Waals surface area contributed by atoms with Crippen LogP contribution in [-0.4, -0.2) is 33.8 Å². The van der Waals surface area contributed by atoms with Crippen molar-refractivity contribution in [3.05, 3.63) is 70.8 Å². The second-order valence-corrected chi connectivity index (χ2v) is 7.94. The number of carbonyl (C=O) groups is 1. The molecule has 0 fully saturated rings. The van der Waals surface area contributed by atoms with Crippen LogP contribution in [0.5, 0.6) is 23.0 Å². The number of hydrogen-bond acceptors (Lipinski definition) is 6. The third-order valence-corrected chi connectivity index (χ3v) is 5.11. The second-order valence-electron chi connectivity index (χ2n) is 7.94. The van der Waals surface area contributed by atoms with Crippen LogP contribution >= 0.6 is 0 Å². The summed E-state index contributed by atoms with van der Waals surface area (Å²) in [5.74, 6) is -0.354. The van der Waals surface area contributed by atoms with Gasteiger partial charge in [-0.1, -0.05) is 29.4 Å². The maximum atomic E-state index is 12.7. The molecule has 0 saturated heterocycles. The van der Waals surface area contributed by atoms with Gasteiger partial charge in [-0.05, 0) is 57.4 Å². The van der Waals surface area contributed by atoms with E-state index in [0.29, 0.717) is 17.9 Å². The maximum absolute atomic E-state index is 12.7. The van der Waals surface area contributed by atoms with E-state index in [1.165, 1.54) is 29.3 Å². The number of Topliss-reactive ketones (excluding diaryl/α,β-unsaturated/α-hetero) is 1. The Morgan fingerprint density at radius 1 is 1.10 bits per heavy atom. The van der Waals surface area contributed by atoms with Gasteiger partial charge in [-0.2, -0.15) is 0 Å². The lowest BCUT2D eigenvalue weighted by Crippen LogP contribution is -2.36. The number of fused-ring (bicyclic) bond motifs is 1. The van der Waals surface area contributed by atoms with Crippen LogP contribution in [0.1, 0.15) is 55.6 Å². The van der Waals surface area contributed by atoms with Crippen LogP contribution in [-0.2, 0) is 0 Å². The Morgan fingerprint density at radius 3 is 2.48 bits per heavy atom. The van der Waals surface area contributed by atoms with Crippen LogP contribution in [0.15, 0.2) is 59.7 Å². The summed E-state index contributed by atoms with van der Waals surface area (Å²) in [6.45, 7) is 6.50. The lowest BCUT2D eigenvalue weighted by Gasteiger charge is -2.30. The van der Waals surface area contributed by atoms with Crippen molar-refractivity contribution in [2.45, 2.75) is 45.8 Å². The first-order valence-corrected chi connectivity index (χ1v) is 10.2. The Hall–Kier alpha value is -3.25. The van der Waals surface area contributed by atoms with E-state index in [1.54, 1.807) is 18.2 Å². The molecular formula is C25H28O6. The minimum Gasteiger partial charge on any atom is -0.508 e. The molecule has 1 aliphatic heterocycles. The molecule has 2 atom stereocenters. The molecule has 2 aromatic rings. The standard InChI is InChI=1S/C25H28O6/c1-15(2)5-4-6-16(3)11-12-30-19-13-20(27)22-21(14-19)31-25(24(29)23(22)28)17-7-9-18(26)10-8-17/h5,7-11,13-14,24-27,29H,4,6,12H2,1-3H3. The molecule has 6 heteroatoms. The number of phenols is 2. The number of rotatable bonds is 7. The monoisotopic (exact) mass is 424 g/mol. The first kappa shape index (κ1) is 22.4. The smallest absolute Gasteiger partial charge is 0.202 e. The summed E-state index contributed by atoms with van der Waals surface area (Å²) in [6.07, 6.45) is 3.65. The highest BCUT2D eigenvalue weighted by Crippen LogP contribution is 2.42. The molecule has 0 spiro atoms. The molecule has 2 unspecified atom stereocenters. The third-order valence-electron chi connectivity index (χ3n) is 5.11. The van der Waals surface area contributed by atoms with Crippen LogP contribution in [0, 0.1) is 0 Å². The van der Waals surface area contributed by atoms with Crippen molar-refractivity contribution in [1.29, 1.82) is 0 Å². The second kappa shape index (κ2) is 9.71. The number of ether oxygens (including phenoxy) is 2. The summed E-state index contributed by atoms with van der Waals surface area (Å²) >= 11 is 0. The van der Waals surface area contributed by atoms with Crippen molar-refractivity contribution in [3.63, 3.8) is 0 Å². The maximum Gasteiger partial charge on any atom is 0.202 e. The highest BCUT2D eigenvalue weighted by molar-refractivity contribution is 6.05. The van der Waals surface area contributed by atoms with Crippen molar-refractivity contribution in [2.75, 3.05) is 6.61 Å². The minimum absolute atomic E-state index is 0.0664. The number of aromatic hydroxyl groups is 2. The number of allylic oxidation sites excluding steroid dienone is 3. The Bertz CT molecular complexity index is 999. The lowest BCUT2D eigenvalue weighted by atomic mass is 9.93. The molecular weight excluding hydrogens is 396 g/mol. The fourth-order valence-corrected chi connectivity index (χ4v) is 3.37. The molecule has 0 amide bonds. The summed E-state index contributed by atoms with van der Waals surface area (Å²) in [5.41, 5.74) is 2.95. The molecule has 164 valence electrons. The molecule has 0 aromatic heterocycles. The molecule has 1 heterocycles. The van der Waals surface area contributed by atoms with Crippen molar-refractivity contribution >= 4 is 5.78 Å². The molecule has 0 radical (unpaired) electrons. The van der Waals surface area contributed by atoms with E-state index in [0.717, 1.165) is 12.8 Å². The van der Waals surface area contributed by atoms with Crippen LogP contribution in [0.25, 0.3) is 0 Å². The fourth-order valence-electron chi connectivity index (χ4n) is 3.37. The van der Waals surface area contributed by atoms with Gasteiger partial charge in [0.1, 0.15) is 35.2 Å². The number of phenolic OH excluding ortho intramolecular Hbond substituents is 2. The fraction of sp³-hybridized carbons (Fsp3) is 0.320. The third kappa shape index (κ3) is 5.47. The molecule has 2 aromatic carbocycles. The topological polar surface area (TPSA) is 96.2 Å². The van der Waals surface area contributed by atoms with Gasteiger partial charge in [-0.15, -0.1) is 0 Å². The Morgan fingerprint density at radius 2 is 1.81 bits per heavy atom. The predicted octanol–water partition coefficient (Wildman–Crippen LogP) is 4.85. The highest BCUT2D eigenvalue weighted by atomic mass is 16.5. The quantitative estimate of drug-likeness (QED) is 0.550. The van der Waals surface area contributed by atoms with Gasteiger partial charge in [-0.3, -0.25) is 4.79 Å². The Labute approximate surface area is 182 Å². The van der Waals surface area contributed by atoms with Crippen LogP contribution in [0.4, 0.5) is 0 Å². The number of hydrogen-bond donors (Lipinski definition) is 3. The van der Waals surface area contributed by atoms with Crippen LogP contribution in [0.3, 0.4) is 0 Å². The SMILES string of the molecule is CC(C)=CCCC(C)=CCOc1cc(O)c2c(c1)OC(c1ccc(O)cc1)C(O)C2=O. The summed E-state index contributed by atoms with van der Waals surface area (Å²) in [6, 6.07) is 8.94. The predicted molar refractivity (Wildman–Crippen MR) is 118 cm³/mol. The molecule has 0 aliphatic carbocycles. The van der Waals surface area contributed by atoms with Gasteiger partial charge in [0.25, 0.3) is 0 Å². The van der Waals surface area contributed by atoms with E-state index in [9.17, 15) is 20.1 Å². The molecule has 3 rings (SSSR count). The van der Waals surface area contributed by atoms with E-state index in [1.807, 2.05) is 13.0 Å². The van der Waals surface area contributed by atoms with E-state index in [-0.39, 0.29) is 22.8 Å². The van der Waals surface area contributed by atoms with Crippen molar-refractivity contribution in [3.8, 4) is 23.0 Å². The summed E-state index contributed by atoms with van der Waals surface area (Å²) in [7, 11) is 0. The number of aliphatic hydroxyl groups is 1. The van der Waals surface area contributed by atoms with Crippen molar-refractivity contribution in [2.24, 2.45) is 0 Å². The van der Waals surface area contributed by atoms with Gasteiger partial charge >= 0.3 is 0 Å². The number of carbonyl (C=O) groups excluding carboxylic acids is 1. The van der Waals surface area contributed by atoms with Crippen LogP contribution in [0.2, 0.25) is 0 Å². The zero-order valence-electron chi connectivity index (χ0n) is 18.0. The molecule has 1 aliphatic rings. The number of ketones is 1. The van der Waals surface area contributed by atoms with E-state index in [4.69, 9.17) is 9.47 Å². The van der Waals surface area contributed by atoms with Crippen molar-refractivity contribution in [1.82, 2.24) is 0 Å². The average Bonchev–Trinajstić information content (AvgIpc) is 2.71. The zero-order chi connectivity index (χ0) is 22.5. The summed E-state index contributed by atoms with van der Waals surface area (Å²) in [5, 5.41) is 30.2. The molecule has 0 bridgehead atoms. The van der Waals surface area contributed by atoms with E-state index >= 15 is 0 Å². The largest absolute Gasteiger partial charge is 0.508 e. The number of benzene rings is 2. The Balaban J connectivity index is 1.75. The first-order valence-electron chi connectivity index (χ1n) is 10.2. The van der Waals surface area contributed by atoms with Crippen LogP contribution < -0.4 is 9.47 Å². The van der Waals surface area contributed by atoms with Gasteiger partial charge in [-0.25, -0.2) is 0 Å². The highest BCUT2D eigenvalue weighted by Gasteiger charge is 2.39. The molecule has 6 nitrogen and oxygen atoms in total.